The summed E-state index contributed by atoms with van der Waals surface area (Å²) in [6.07, 6.45) is 3.07. The average molecular weight is 155 g/mol. The Balaban J connectivity index is 0.000000371. The monoisotopic (exact) mass is 154 g/mol. The van der Waals surface area contributed by atoms with E-state index >= 15 is 0 Å². The van der Waals surface area contributed by atoms with E-state index in [9.17, 15) is 0 Å². The molecule has 52 valence electrons. The minimum absolute atomic E-state index is 0.465. The molecule has 0 N–H and O–H groups in total. The molecule has 0 amide bonds. The highest BCUT2D eigenvalue weighted by molar-refractivity contribution is 6.15. The fourth-order valence-electron chi connectivity index (χ4n) is 0.429. The van der Waals surface area contributed by atoms with Crippen LogP contribution in [0.3, 0.4) is 0 Å². The van der Waals surface area contributed by atoms with E-state index in [2.05, 4.69) is 16.6 Å². The summed E-state index contributed by atoms with van der Waals surface area (Å²) in [4.78, 5) is 3.74. The van der Waals surface area contributed by atoms with Crippen LogP contribution in [0.25, 0.3) is 0 Å². The maximum absolute atomic E-state index is 8.23. The van der Waals surface area contributed by atoms with E-state index in [1.807, 2.05) is 6.07 Å². The van der Waals surface area contributed by atoms with E-state index in [0.29, 0.717) is 5.69 Å². The number of aromatic nitrogens is 1. The summed E-state index contributed by atoms with van der Waals surface area (Å²) in [7, 11) is 0. The zero-order valence-electron chi connectivity index (χ0n) is 5.58. The molecule has 3 heteroatoms. The number of rotatable bonds is 0. The number of halogens is 1. The number of hydrogen-bond acceptors (Lipinski definition) is 2. The van der Waals surface area contributed by atoms with E-state index < -0.39 is 0 Å². The number of alkyl halides is 1. The van der Waals surface area contributed by atoms with Gasteiger partial charge in [0.1, 0.15) is 11.8 Å². The van der Waals surface area contributed by atoms with Crippen LogP contribution in [0.5, 0.6) is 0 Å². The lowest BCUT2D eigenvalue weighted by Gasteiger charge is -1.79. The summed E-state index contributed by atoms with van der Waals surface area (Å²) >= 11 is 4.64. The van der Waals surface area contributed by atoms with Gasteiger partial charge in [0.15, 0.2) is 0 Å². The Hall–Kier alpha value is -1.07. The third-order valence-corrected chi connectivity index (χ3v) is 0.779. The van der Waals surface area contributed by atoms with Gasteiger partial charge in [-0.25, -0.2) is 4.98 Å². The van der Waals surface area contributed by atoms with Crippen LogP contribution >= 0.6 is 11.6 Å². The standard InChI is InChI=1S/C6H4N2.CH3Cl/c7-5-6-3-1-2-4-8-6;1-2/h1-4H;1H3. The van der Waals surface area contributed by atoms with Crippen molar-refractivity contribution >= 4 is 11.6 Å². The third-order valence-electron chi connectivity index (χ3n) is 0.779. The van der Waals surface area contributed by atoms with Gasteiger partial charge in [-0.1, -0.05) is 6.07 Å². The highest BCUT2D eigenvalue weighted by atomic mass is 35.5. The second-order valence-corrected chi connectivity index (χ2v) is 1.33. The zero-order valence-corrected chi connectivity index (χ0v) is 6.34. The van der Waals surface area contributed by atoms with Gasteiger partial charge in [-0.2, -0.15) is 5.26 Å². The molecule has 0 saturated heterocycles. The molecule has 1 rings (SSSR count). The first-order valence-corrected chi connectivity index (χ1v) is 3.38. The molecule has 0 aliphatic carbocycles. The molecule has 10 heavy (non-hydrogen) atoms. The van der Waals surface area contributed by atoms with Gasteiger partial charge in [0.05, 0.1) is 0 Å². The lowest BCUT2D eigenvalue weighted by Crippen LogP contribution is -1.75. The Morgan fingerprint density at radius 1 is 1.50 bits per heavy atom. The molecule has 0 bridgehead atoms. The van der Waals surface area contributed by atoms with Gasteiger partial charge in [0, 0.05) is 12.6 Å². The summed E-state index contributed by atoms with van der Waals surface area (Å²) < 4.78 is 0. The van der Waals surface area contributed by atoms with Crippen molar-refractivity contribution < 1.29 is 0 Å². The fourth-order valence-corrected chi connectivity index (χ4v) is 0.429. The second kappa shape index (κ2) is 6.06. The van der Waals surface area contributed by atoms with Crippen LogP contribution in [-0.4, -0.2) is 11.4 Å². The lowest BCUT2D eigenvalue weighted by molar-refractivity contribution is 1.26. The van der Waals surface area contributed by atoms with Gasteiger partial charge < -0.3 is 0 Å². The molecule has 2 nitrogen and oxygen atoms in total. The Bertz CT molecular complexity index is 203. The lowest BCUT2D eigenvalue weighted by atomic mass is 10.4. The first kappa shape index (κ1) is 8.93. The Morgan fingerprint density at radius 3 is 2.50 bits per heavy atom. The molecule has 0 saturated carbocycles. The number of nitriles is 1. The van der Waals surface area contributed by atoms with Gasteiger partial charge in [-0.15, -0.1) is 11.6 Å². The summed E-state index contributed by atoms with van der Waals surface area (Å²) in [5, 5.41) is 8.23. The normalized spacial score (nSPS) is 6.90. The minimum atomic E-state index is 0.465. The van der Waals surface area contributed by atoms with E-state index in [0.717, 1.165) is 0 Å². The molecular weight excluding hydrogens is 148 g/mol. The van der Waals surface area contributed by atoms with Crippen LogP contribution in [0.2, 0.25) is 0 Å². The number of pyridine rings is 1. The Labute approximate surface area is 65.1 Å². The van der Waals surface area contributed by atoms with Crippen molar-refractivity contribution in [3.63, 3.8) is 0 Å². The zero-order chi connectivity index (χ0) is 7.82. The molecule has 0 aromatic carbocycles. The van der Waals surface area contributed by atoms with E-state index in [-0.39, 0.29) is 0 Å². The molecule has 1 heterocycles. The van der Waals surface area contributed by atoms with Crippen LogP contribution < -0.4 is 0 Å². The molecule has 0 unspecified atom stereocenters. The van der Waals surface area contributed by atoms with Crippen molar-refractivity contribution in [1.82, 2.24) is 4.98 Å². The molecule has 1 aromatic heterocycles. The predicted molar refractivity (Wildman–Crippen MR) is 40.7 cm³/mol. The Kier molecular flexibility index (Phi) is 5.41. The number of nitrogens with zero attached hydrogens (tertiary/aromatic N) is 2. The van der Waals surface area contributed by atoms with Crippen molar-refractivity contribution in [3.8, 4) is 6.07 Å². The van der Waals surface area contributed by atoms with E-state index in [4.69, 9.17) is 5.26 Å². The highest BCUT2D eigenvalue weighted by Gasteiger charge is 1.81. The van der Waals surface area contributed by atoms with Crippen LogP contribution in [0.1, 0.15) is 5.69 Å². The van der Waals surface area contributed by atoms with Crippen LogP contribution in [-0.2, 0) is 0 Å². The number of hydrogen-bond donors (Lipinski definition) is 0. The molecule has 0 radical (unpaired) electrons. The smallest absolute Gasteiger partial charge is 0.140 e. The van der Waals surface area contributed by atoms with E-state index in [1.54, 1.807) is 24.4 Å². The van der Waals surface area contributed by atoms with Gasteiger partial charge >= 0.3 is 0 Å². The largest absolute Gasteiger partial charge is 0.246 e. The van der Waals surface area contributed by atoms with Crippen molar-refractivity contribution in [2.24, 2.45) is 0 Å². The quantitative estimate of drug-likeness (QED) is 0.535. The summed E-state index contributed by atoms with van der Waals surface area (Å²) in [5.74, 6) is 0. The predicted octanol–water partition coefficient (Wildman–Crippen LogP) is 1.81. The minimum Gasteiger partial charge on any atom is -0.246 e. The summed E-state index contributed by atoms with van der Waals surface area (Å²) in [6.45, 7) is 0. The summed E-state index contributed by atoms with van der Waals surface area (Å²) in [6, 6.07) is 7.14. The Morgan fingerprint density at radius 2 is 2.20 bits per heavy atom. The molecule has 0 fully saturated rings. The van der Waals surface area contributed by atoms with Crippen molar-refractivity contribution in [1.29, 1.82) is 5.26 Å². The van der Waals surface area contributed by atoms with Crippen LogP contribution in [0, 0.1) is 11.3 Å². The topological polar surface area (TPSA) is 36.7 Å². The SMILES string of the molecule is CCl.N#Cc1ccccn1. The molecule has 1 aromatic rings. The molecule has 0 spiro atoms. The second-order valence-electron chi connectivity index (χ2n) is 1.33. The molecule has 0 aliphatic rings. The van der Waals surface area contributed by atoms with E-state index in [1.165, 1.54) is 6.38 Å². The molecule has 0 aliphatic heterocycles. The van der Waals surface area contributed by atoms with Gasteiger partial charge in [0.2, 0.25) is 0 Å². The third kappa shape index (κ3) is 3.06. The average Bonchev–Trinajstić information content (AvgIpc) is 2.10. The van der Waals surface area contributed by atoms with Crippen LogP contribution in [0.15, 0.2) is 24.4 Å². The summed E-state index contributed by atoms with van der Waals surface area (Å²) in [5.41, 5.74) is 0.465. The fraction of sp³-hybridized carbons (Fsp3) is 0.143. The molecular formula is C7H7ClN2. The highest BCUT2D eigenvalue weighted by Crippen LogP contribution is 1.86. The first-order valence-electron chi connectivity index (χ1n) is 2.62. The van der Waals surface area contributed by atoms with Crippen molar-refractivity contribution in [2.45, 2.75) is 0 Å². The van der Waals surface area contributed by atoms with Gasteiger partial charge in [0.25, 0.3) is 0 Å². The van der Waals surface area contributed by atoms with Gasteiger partial charge in [-0.3, -0.25) is 0 Å². The maximum atomic E-state index is 8.23. The van der Waals surface area contributed by atoms with Gasteiger partial charge in [-0.05, 0) is 12.1 Å². The first-order chi connectivity index (χ1) is 4.93. The van der Waals surface area contributed by atoms with Crippen molar-refractivity contribution in [3.05, 3.63) is 30.1 Å². The maximum Gasteiger partial charge on any atom is 0.140 e. The van der Waals surface area contributed by atoms with Crippen LogP contribution in [0.4, 0.5) is 0 Å². The molecule has 0 atom stereocenters. The van der Waals surface area contributed by atoms with Crippen molar-refractivity contribution in [2.75, 3.05) is 6.38 Å².